The SMILES string of the molecule is COc1cc(OCCO)c(F)c(C(Cc2ccc(C(=N)NC(=O)OCC(C)(C)C)cc2)c2nc(OCOC(=O)C(C)(C)C(=O)OC3CCCCC3)n(-c3ncccn3)n2)c1. The van der Waals surface area contributed by atoms with Gasteiger partial charge in [0.1, 0.15) is 24.3 Å². The number of amides is 1. The molecule has 1 unspecified atom stereocenters. The summed E-state index contributed by atoms with van der Waals surface area (Å²) in [5.41, 5.74) is -0.795. The van der Waals surface area contributed by atoms with Gasteiger partial charge in [-0.05, 0) is 69.1 Å². The normalized spacial score (nSPS) is 13.8. The van der Waals surface area contributed by atoms with Gasteiger partial charge in [0.25, 0.3) is 5.95 Å². The summed E-state index contributed by atoms with van der Waals surface area (Å²) in [6.07, 6.45) is 6.43. The van der Waals surface area contributed by atoms with Crippen molar-refractivity contribution in [2.24, 2.45) is 10.8 Å². The molecule has 1 aliphatic rings. The predicted octanol–water partition coefficient (Wildman–Crippen LogP) is 5.83. The summed E-state index contributed by atoms with van der Waals surface area (Å²) < 4.78 is 50.7. The smallest absolute Gasteiger partial charge is 0.412 e. The number of halogens is 1. The number of amidine groups is 1. The minimum absolute atomic E-state index is 0.0283. The first-order valence-corrected chi connectivity index (χ1v) is 19.6. The number of carbonyl (C=O) groups is 3. The molecule has 1 fully saturated rings. The Kier molecular flexibility index (Phi) is 15.1. The van der Waals surface area contributed by atoms with E-state index in [0.29, 0.717) is 11.1 Å². The Morgan fingerprint density at radius 2 is 1.68 bits per heavy atom. The number of aliphatic hydroxyl groups is 1. The molecule has 2 aromatic carbocycles. The van der Waals surface area contributed by atoms with E-state index in [4.69, 9.17) is 33.8 Å². The average molecular weight is 834 g/mol. The van der Waals surface area contributed by atoms with E-state index in [1.807, 2.05) is 20.8 Å². The third kappa shape index (κ3) is 12.0. The molecule has 18 heteroatoms. The number of aliphatic hydroxyl groups excluding tert-OH is 1. The lowest BCUT2D eigenvalue weighted by Crippen LogP contribution is -2.39. The fraction of sp³-hybridized carbons (Fsp3) is 0.476. The molecule has 3 N–H and O–H groups in total. The molecule has 1 saturated carbocycles. The highest BCUT2D eigenvalue weighted by atomic mass is 19.1. The van der Waals surface area contributed by atoms with Crippen molar-refractivity contribution in [3.63, 3.8) is 0 Å². The zero-order valence-electron chi connectivity index (χ0n) is 34.7. The Hall–Kier alpha value is -6.17. The van der Waals surface area contributed by atoms with Crippen molar-refractivity contribution in [3.05, 3.63) is 83.2 Å². The van der Waals surface area contributed by atoms with Gasteiger partial charge in [0.05, 0.1) is 26.2 Å². The summed E-state index contributed by atoms with van der Waals surface area (Å²) in [6, 6.07) is 10.8. The summed E-state index contributed by atoms with van der Waals surface area (Å²) in [4.78, 5) is 51.7. The topological polar surface area (TPSA) is 219 Å². The van der Waals surface area contributed by atoms with E-state index >= 15 is 4.39 Å². The van der Waals surface area contributed by atoms with Crippen LogP contribution in [-0.2, 0) is 30.2 Å². The number of rotatable bonds is 17. The number of methoxy groups -OCH3 is 1. The lowest BCUT2D eigenvalue weighted by Gasteiger charge is -2.27. The number of hydrogen-bond acceptors (Lipinski definition) is 15. The molecule has 60 heavy (non-hydrogen) atoms. The summed E-state index contributed by atoms with van der Waals surface area (Å²) in [6.45, 7) is 7.49. The number of alkyl carbamates (subject to hydrolysis) is 1. The van der Waals surface area contributed by atoms with Crippen LogP contribution in [0.25, 0.3) is 5.95 Å². The summed E-state index contributed by atoms with van der Waals surface area (Å²) in [5, 5.41) is 24.9. The van der Waals surface area contributed by atoms with Crippen LogP contribution in [0.1, 0.15) is 95.2 Å². The maximum Gasteiger partial charge on any atom is 0.412 e. The van der Waals surface area contributed by atoms with Crippen molar-refractivity contribution in [3.8, 4) is 23.5 Å². The molecular formula is C42H52FN7O10. The number of ether oxygens (including phenoxy) is 6. The van der Waals surface area contributed by atoms with Crippen molar-refractivity contribution in [2.75, 3.05) is 33.7 Å². The van der Waals surface area contributed by atoms with Gasteiger partial charge in [0, 0.05) is 29.6 Å². The van der Waals surface area contributed by atoms with E-state index in [1.165, 1.54) is 45.5 Å². The summed E-state index contributed by atoms with van der Waals surface area (Å²) in [7, 11) is 1.41. The number of carbonyl (C=O) groups excluding carboxylic acids is 3. The first-order valence-electron chi connectivity index (χ1n) is 19.6. The first kappa shape index (κ1) is 44.9. The van der Waals surface area contributed by atoms with Crippen LogP contribution in [0.3, 0.4) is 0 Å². The van der Waals surface area contributed by atoms with Gasteiger partial charge in [-0.1, -0.05) is 51.5 Å². The summed E-state index contributed by atoms with van der Waals surface area (Å²) >= 11 is 0. The number of aromatic nitrogens is 5. The third-order valence-electron chi connectivity index (χ3n) is 9.42. The zero-order chi connectivity index (χ0) is 43.5. The van der Waals surface area contributed by atoms with E-state index in [1.54, 1.807) is 30.3 Å². The molecule has 1 aliphatic carbocycles. The van der Waals surface area contributed by atoms with Crippen molar-refractivity contribution in [1.82, 2.24) is 30.0 Å². The van der Waals surface area contributed by atoms with Crippen LogP contribution in [0.2, 0.25) is 0 Å². The van der Waals surface area contributed by atoms with E-state index < -0.39 is 42.0 Å². The molecule has 322 valence electrons. The van der Waals surface area contributed by atoms with Crippen LogP contribution in [0, 0.1) is 22.1 Å². The second-order valence-corrected chi connectivity index (χ2v) is 15.9. The minimum Gasteiger partial charge on any atom is -0.497 e. The highest BCUT2D eigenvalue weighted by Gasteiger charge is 2.41. The molecule has 0 bridgehead atoms. The number of nitrogens with one attached hydrogen (secondary N) is 2. The highest BCUT2D eigenvalue weighted by molar-refractivity contribution is 6.04. The molecule has 2 heterocycles. The predicted molar refractivity (Wildman–Crippen MR) is 214 cm³/mol. The van der Waals surface area contributed by atoms with E-state index in [0.717, 1.165) is 36.8 Å². The van der Waals surface area contributed by atoms with Gasteiger partial charge < -0.3 is 33.5 Å². The Bertz CT molecular complexity index is 2100. The largest absolute Gasteiger partial charge is 0.497 e. The van der Waals surface area contributed by atoms with Crippen LogP contribution >= 0.6 is 0 Å². The van der Waals surface area contributed by atoms with Crippen LogP contribution in [0.15, 0.2) is 54.9 Å². The Balaban J connectivity index is 1.45. The van der Waals surface area contributed by atoms with Crippen LogP contribution < -0.4 is 19.5 Å². The fourth-order valence-corrected chi connectivity index (χ4v) is 6.07. The standard InChI is InChI=1S/C42H52FN7O10/c1-41(2,3)24-57-40(54)47-34(44)27-15-13-26(14-16-27)21-31(30-22-29(55-6)23-32(33(30)43)56-20-19-51)35-48-39(50(49-35)38-45-17-10-18-46-38)59-25-58-36(52)42(4,5)37(53)60-28-11-8-7-9-12-28/h10,13-18,22-23,28,31,51H,7-9,11-12,19-21,24-25H2,1-6H3,(H2,44,47,54). The van der Waals surface area contributed by atoms with Crippen LogP contribution in [-0.4, -0.2) is 93.5 Å². The maximum atomic E-state index is 16.5. The van der Waals surface area contributed by atoms with Gasteiger partial charge in [0.15, 0.2) is 22.8 Å². The van der Waals surface area contributed by atoms with Gasteiger partial charge in [-0.3, -0.25) is 20.3 Å². The van der Waals surface area contributed by atoms with E-state index in [2.05, 4.69) is 25.4 Å². The molecule has 4 aromatic rings. The van der Waals surface area contributed by atoms with Crippen molar-refractivity contribution in [1.29, 1.82) is 5.41 Å². The third-order valence-corrected chi connectivity index (χ3v) is 9.42. The fourth-order valence-electron chi connectivity index (χ4n) is 6.07. The van der Waals surface area contributed by atoms with Crippen molar-refractivity contribution >= 4 is 23.9 Å². The van der Waals surface area contributed by atoms with Crippen molar-refractivity contribution < 1.29 is 52.3 Å². The highest BCUT2D eigenvalue weighted by Crippen LogP contribution is 2.37. The maximum absolute atomic E-state index is 16.5. The number of esters is 2. The lowest BCUT2D eigenvalue weighted by atomic mass is 9.90. The zero-order valence-corrected chi connectivity index (χ0v) is 34.7. The van der Waals surface area contributed by atoms with Gasteiger partial charge in [-0.2, -0.15) is 4.98 Å². The van der Waals surface area contributed by atoms with Crippen molar-refractivity contribution in [2.45, 2.75) is 85.2 Å². The second kappa shape index (κ2) is 20.2. The van der Waals surface area contributed by atoms with Gasteiger partial charge in [0.2, 0.25) is 6.79 Å². The Labute approximate surface area is 347 Å². The second-order valence-electron chi connectivity index (χ2n) is 15.9. The summed E-state index contributed by atoms with van der Waals surface area (Å²) in [5.74, 6) is -3.39. The first-order chi connectivity index (χ1) is 28.6. The molecule has 17 nitrogen and oxygen atoms in total. The Morgan fingerprint density at radius 3 is 2.33 bits per heavy atom. The Morgan fingerprint density at radius 1 is 0.983 bits per heavy atom. The molecule has 1 atom stereocenters. The van der Waals surface area contributed by atoms with Crippen LogP contribution in [0.4, 0.5) is 9.18 Å². The molecule has 0 saturated heterocycles. The van der Waals surface area contributed by atoms with Gasteiger partial charge in [-0.15, -0.1) is 9.78 Å². The quantitative estimate of drug-likeness (QED) is 0.0285. The molecule has 1 amide bonds. The van der Waals surface area contributed by atoms with Gasteiger partial charge >= 0.3 is 24.0 Å². The monoisotopic (exact) mass is 833 g/mol. The number of nitrogens with zero attached hydrogens (tertiary/aromatic N) is 5. The van der Waals surface area contributed by atoms with E-state index in [9.17, 15) is 19.5 Å². The van der Waals surface area contributed by atoms with E-state index in [-0.39, 0.29) is 78.4 Å². The molecule has 5 rings (SSSR count). The average Bonchev–Trinajstić information content (AvgIpc) is 3.66. The van der Waals surface area contributed by atoms with Gasteiger partial charge in [-0.25, -0.2) is 19.2 Å². The number of hydrogen-bond donors (Lipinski definition) is 3. The molecule has 0 radical (unpaired) electrons. The molecular weight excluding hydrogens is 781 g/mol. The number of benzene rings is 2. The minimum atomic E-state index is -1.63. The molecule has 0 aliphatic heterocycles. The molecule has 0 spiro atoms. The molecule has 2 aromatic heterocycles. The van der Waals surface area contributed by atoms with Crippen LogP contribution in [0.5, 0.6) is 17.5 Å². The lowest BCUT2D eigenvalue weighted by molar-refractivity contribution is -0.177.